The zero-order chi connectivity index (χ0) is 12.7. The quantitative estimate of drug-likeness (QED) is 0.699. The van der Waals surface area contributed by atoms with E-state index in [1.165, 1.54) is 21.3 Å². The highest BCUT2D eigenvalue weighted by Gasteiger charge is 2.42. The van der Waals surface area contributed by atoms with Crippen LogP contribution < -0.4 is 0 Å². The molecule has 0 fully saturated rings. The molecular formula is C12H18O4Si. The van der Waals surface area contributed by atoms with E-state index in [0.29, 0.717) is 6.61 Å². The second kappa shape index (κ2) is 6.68. The Morgan fingerprint density at radius 1 is 1.06 bits per heavy atom. The molecule has 0 radical (unpaired) electrons. The van der Waals surface area contributed by atoms with Gasteiger partial charge in [-0.2, -0.15) is 0 Å². The van der Waals surface area contributed by atoms with Gasteiger partial charge in [-0.05, 0) is 11.1 Å². The second-order valence-electron chi connectivity index (χ2n) is 3.35. The van der Waals surface area contributed by atoms with E-state index in [4.69, 9.17) is 17.7 Å². The third kappa shape index (κ3) is 3.76. The average molecular weight is 254 g/mol. The van der Waals surface area contributed by atoms with Gasteiger partial charge in [0, 0.05) is 21.3 Å². The van der Waals surface area contributed by atoms with Crippen LogP contribution in [0.4, 0.5) is 0 Å². The summed E-state index contributed by atoms with van der Waals surface area (Å²) in [6.07, 6.45) is 1.79. The summed E-state index contributed by atoms with van der Waals surface area (Å²) in [5.74, 6) is 0. The largest absolute Gasteiger partial charge is 0.679 e. The van der Waals surface area contributed by atoms with E-state index in [9.17, 15) is 0 Å². The lowest BCUT2D eigenvalue weighted by Gasteiger charge is -2.22. The molecule has 1 rings (SSSR count). The second-order valence-corrected chi connectivity index (χ2v) is 5.86. The van der Waals surface area contributed by atoms with Crippen molar-refractivity contribution in [2.75, 3.05) is 21.3 Å². The van der Waals surface area contributed by atoms with Gasteiger partial charge in [-0.25, -0.2) is 0 Å². The molecule has 0 bridgehead atoms. The minimum absolute atomic E-state index is 0.388. The zero-order valence-corrected chi connectivity index (χ0v) is 11.4. The highest BCUT2D eigenvalue weighted by molar-refractivity contribution is 6.53. The number of hydrogen-bond acceptors (Lipinski definition) is 4. The fourth-order valence-electron chi connectivity index (χ4n) is 1.35. The van der Waals surface area contributed by atoms with Gasteiger partial charge in [0.1, 0.15) is 0 Å². The molecular weight excluding hydrogens is 236 g/mol. The third-order valence-corrected chi connectivity index (χ3v) is 4.38. The Balaban J connectivity index is 2.62. The summed E-state index contributed by atoms with van der Waals surface area (Å²) in [4.78, 5) is 0. The maximum atomic E-state index is 5.58. The fraction of sp³-hybridized carbons (Fsp3) is 0.333. The first-order valence-electron chi connectivity index (χ1n) is 5.20. The molecule has 1 aromatic carbocycles. The summed E-state index contributed by atoms with van der Waals surface area (Å²) in [5, 5.41) is 0. The summed E-state index contributed by atoms with van der Waals surface area (Å²) in [6.45, 7) is 4.09. The average Bonchev–Trinajstić information content (AvgIpc) is 2.41. The van der Waals surface area contributed by atoms with Crippen LogP contribution >= 0.6 is 0 Å². The van der Waals surface area contributed by atoms with E-state index in [1.807, 2.05) is 24.3 Å². The Labute approximate surface area is 103 Å². The van der Waals surface area contributed by atoms with Gasteiger partial charge in [0.25, 0.3) is 0 Å². The highest BCUT2D eigenvalue weighted by atomic mass is 28.4. The van der Waals surface area contributed by atoms with E-state index < -0.39 is 9.05 Å². The first-order valence-corrected chi connectivity index (χ1v) is 6.83. The molecule has 0 atom stereocenters. The SMILES string of the molecule is C=Cc1ccc(CO[Si](OC)(OC)OC)cc1. The molecule has 0 unspecified atom stereocenters. The fourth-order valence-corrected chi connectivity index (χ4v) is 2.55. The normalized spacial score (nSPS) is 11.5. The van der Waals surface area contributed by atoms with Crippen LogP contribution in [0.15, 0.2) is 30.8 Å². The molecule has 0 aromatic heterocycles. The summed E-state index contributed by atoms with van der Waals surface area (Å²) >= 11 is 0. The molecule has 0 spiro atoms. The third-order valence-electron chi connectivity index (χ3n) is 2.38. The summed E-state index contributed by atoms with van der Waals surface area (Å²) in [5.41, 5.74) is 2.10. The van der Waals surface area contributed by atoms with E-state index >= 15 is 0 Å². The molecule has 0 heterocycles. The van der Waals surface area contributed by atoms with Crippen LogP contribution in [0.5, 0.6) is 0 Å². The molecule has 94 valence electrons. The minimum atomic E-state index is -2.94. The molecule has 0 aliphatic carbocycles. The van der Waals surface area contributed by atoms with Gasteiger partial charge in [0.2, 0.25) is 0 Å². The lowest BCUT2D eigenvalue weighted by molar-refractivity contribution is 0.000620. The van der Waals surface area contributed by atoms with Crippen molar-refractivity contribution in [3.63, 3.8) is 0 Å². The van der Waals surface area contributed by atoms with Crippen LogP contribution in [0.3, 0.4) is 0 Å². The van der Waals surface area contributed by atoms with Gasteiger partial charge < -0.3 is 17.7 Å². The van der Waals surface area contributed by atoms with E-state index in [2.05, 4.69) is 6.58 Å². The van der Waals surface area contributed by atoms with Crippen LogP contribution in [-0.4, -0.2) is 30.4 Å². The molecule has 0 saturated carbocycles. The van der Waals surface area contributed by atoms with Crippen LogP contribution in [0.25, 0.3) is 6.08 Å². The summed E-state index contributed by atoms with van der Waals surface area (Å²) in [6, 6.07) is 7.89. The van der Waals surface area contributed by atoms with Crippen molar-refractivity contribution in [2.45, 2.75) is 6.61 Å². The molecule has 0 N–H and O–H groups in total. The molecule has 0 aliphatic heterocycles. The molecule has 17 heavy (non-hydrogen) atoms. The van der Waals surface area contributed by atoms with Crippen molar-refractivity contribution in [2.24, 2.45) is 0 Å². The highest BCUT2D eigenvalue weighted by Crippen LogP contribution is 2.13. The van der Waals surface area contributed by atoms with Crippen molar-refractivity contribution < 1.29 is 17.7 Å². The van der Waals surface area contributed by atoms with E-state index in [-0.39, 0.29) is 0 Å². The predicted octanol–water partition coefficient (Wildman–Crippen LogP) is 2.22. The van der Waals surface area contributed by atoms with Gasteiger partial charge in [-0.1, -0.05) is 36.9 Å². The Morgan fingerprint density at radius 2 is 1.59 bits per heavy atom. The van der Waals surface area contributed by atoms with Gasteiger partial charge in [0.15, 0.2) is 0 Å². The molecule has 1 aromatic rings. The maximum Gasteiger partial charge on any atom is 0.679 e. The van der Waals surface area contributed by atoms with Crippen molar-refractivity contribution in [3.8, 4) is 0 Å². The Morgan fingerprint density at radius 3 is 2.00 bits per heavy atom. The van der Waals surface area contributed by atoms with Crippen molar-refractivity contribution in [1.82, 2.24) is 0 Å². The number of benzene rings is 1. The van der Waals surface area contributed by atoms with Crippen LogP contribution in [0, 0.1) is 0 Å². The first kappa shape index (κ1) is 14.1. The summed E-state index contributed by atoms with van der Waals surface area (Å²) < 4.78 is 21.1. The standard InChI is InChI=1S/C12H18O4Si/c1-5-11-6-8-12(9-7-11)10-16-17(13-2,14-3)15-4/h5-9H,1,10H2,2-4H3. The lowest BCUT2D eigenvalue weighted by atomic mass is 10.1. The number of rotatable bonds is 7. The van der Waals surface area contributed by atoms with Crippen LogP contribution in [0.2, 0.25) is 0 Å². The number of hydrogen-bond donors (Lipinski definition) is 0. The van der Waals surface area contributed by atoms with E-state index in [1.54, 1.807) is 6.08 Å². The van der Waals surface area contributed by atoms with Crippen molar-refractivity contribution in [1.29, 1.82) is 0 Å². The Kier molecular flexibility index (Phi) is 5.53. The molecule has 5 heteroatoms. The van der Waals surface area contributed by atoms with Crippen LogP contribution in [0.1, 0.15) is 11.1 Å². The molecule has 0 saturated heterocycles. The Hall–Kier alpha value is -0.983. The van der Waals surface area contributed by atoms with E-state index in [0.717, 1.165) is 11.1 Å². The minimum Gasteiger partial charge on any atom is -0.355 e. The van der Waals surface area contributed by atoms with Crippen molar-refractivity contribution >= 4 is 15.1 Å². The maximum absolute atomic E-state index is 5.58. The van der Waals surface area contributed by atoms with Gasteiger partial charge in [0.05, 0.1) is 6.61 Å². The molecule has 0 amide bonds. The van der Waals surface area contributed by atoms with Gasteiger partial charge in [-0.3, -0.25) is 0 Å². The van der Waals surface area contributed by atoms with Crippen molar-refractivity contribution in [3.05, 3.63) is 42.0 Å². The first-order chi connectivity index (χ1) is 8.19. The predicted molar refractivity (Wildman–Crippen MR) is 68.1 cm³/mol. The van der Waals surface area contributed by atoms with Gasteiger partial charge in [-0.15, -0.1) is 0 Å². The Bertz CT molecular complexity index is 338. The van der Waals surface area contributed by atoms with Gasteiger partial charge >= 0.3 is 9.05 Å². The topological polar surface area (TPSA) is 36.9 Å². The summed E-state index contributed by atoms with van der Waals surface area (Å²) in [7, 11) is 1.60. The lowest BCUT2D eigenvalue weighted by Crippen LogP contribution is -2.46. The van der Waals surface area contributed by atoms with Crippen LogP contribution in [-0.2, 0) is 24.3 Å². The molecule has 0 aliphatic rings. The smallest absolute Gasteiger partial charge is 0.355 e. The zero-order valence-electron chi connectivity index (χ0n) is 10.4. The molecule has 4 nitrogen and oxygen atoms in total. The monoisotopic (exact) mass is 254 g/mol.